The van der Waals surface area contributed by atoms with Gasteiger partial charge in [-0.3, -0.25) is 4.79 Å². The van der Waals surface area contributed by atoms with Gasteiger partial charge in [-0.2, -0.15) is 0 Å². The Kier molecular flexibility index (Phi) is 6.32. The number of nitrogens with zero attached hydrogens (tertiary/aromatic N) is 1. The Morgan fingerprint density at radius 2 is 1.58 bits per heavy atom. The van der Waals surface area contributed by atoms with Gasteiger partial charge in [-0.05, 0) is 61.4 Å². The third-order valence-electron chi connectivity index (χ3n) is 5.29. The number of rotatable bonds is 6. The highest BCUT2D eigenvalue weighted by atomic mass is 16.1. The molecule has 0 aliphatic carbocycles. The van der Waals surface area contributed by atoms with Crippen molar-refractivity contribution in [3.63, 3.8) is 0 Å². The van der Waals surface area contributed by atoms with Gasteiger partial charge in [-0.1, -0.05) is 43.3 Å². The first-order chi connectivity index (χ1) is 12.7. The minimum Gasteiger partial charge on any atom is -0.372 e. The van der Waals surface area contributed by atoms with Crippen LogP contribution in [0.4, 0.5) is 5.69 Å². The van der Waals surface area contributed by atoms with Gasteiger partial charge in [0, 0.05) is 18.8 Å². The second-order valence-corrected chi connectivity index (χ2v) is 7.28. The lowest BCUT2D eigenvalue weighted by Gasteiger charge is -2.29. The van der Waals surface area contributed by atoms with Gasteiger partial charge >= 0.3 is 0 Å². The van der Waals surface area contributed by atoms with Gasteiger partial charge in [-0.25, -0.2) is 0 Å². The molecule has 0 bridgehead atoms. The molecular weight excluding hydrogens is 320 g/mol. The lowest BCUT2D eigenvalue weighted by atomic mass is 10.0. The van der Waals surface area contributed by atoms with Gasteiger partial charge in [0.25, 0.3) is 0 Å². The Morgan fingerprint density at radius 1 is 0.962 bits per heavy atom. The van der Waals surface area contributed by atoms with E-state index in [2.05, 4.69) is 65.7 Å². The smallest absolute Gasteiger partial charge is 0.224 e. The van der Waals surface area contributed by atoms with E-state index in [-0.39, 0.29) is 11.9 Å². The highest BCUT2D eigenvalue weighted by Crippen LogP contribution is 2.22. The maximum atomic E-state index is 12.3. The third-order valence-corrected chi connectivity index (χ3v) is 5.29. The molecule has 0 unspecified atom stereocenters. The van der Waals surface area contributed by atoms with Crippen molar-refractivity contribution in [2.24, 2.45) is 0 Å². The Balaban J connectivity index is 1.54. The standard InChI is InChI=1S/C23H30N2O/c1-3-19-7-9-20(10-8-19)17-23(26)24-18(2)21-11-13-22(14-12-21)25-15-5-4-6-16-25/h7-14,18H,3-6,15-17H2,1-2H3,(H,24,26)/t18-/m0/s1. The molecule has 1 amide bonds. The SMILES string of the molecule is CCc1ccc(CC(=O)N[C@@H](C)c2ccc(N3CCCCC3)cc2)cc1. The molecule has 0 radical (unpaired) electrons. The van der Waals surface area contributed by atoms with Crippen LogP contribution < -0.4 is 10.2 Å². The van der Waals surface area contributed by atoms with Crippen LogP contribution in [0.15, 0.2) is 48.5 Å². The normalized spacial score (nSPS) is 15.5. The summed E-state index contributed by atoms with van der Waals surface area (Å²) in [6.45, 7) is 6.50. The van der Waals surface area contributed by atoms with Crippen LogP contribution in [0.1, 0.15) is 55.8 Å². The van der Waals surface area contributed by atoms with Gasteiger partial charge in [0.2, 0.25) is 5.91 Å². The summed E-state index contributed by atoms with van der Waals surface area (Å²) >= 11 is 0. The number of benzene rings is 2. The average molecular weight is 351 g/mol. The summed E-state index contributed by atoms with van der Waals surface area (Å²) in [5.41, 5.74) is 4.81. The second kappa shape index (κ2) is 8.88. The molecule has 1 saturated heterocycles. The Labute approximate surface area is 157 Å². The number of aryl methyl sites for hydroxylation is 1. The van der Waals surface area contributed by atoms with E-state index in [1.807, 2.05) is 6.92 Å². The van der Waals surface area contributed by atoms with E-state index >= 15 is 0 Å². The monoisotopic (exact) mass is 350 g/mol. The Morgan fingerprint density at radius 3 is 2.19 bits per heavy atom. The zero-order chi connectivity index (χ0) is 18.4. The zero-order valence-corrected chi connectivity index (χ0v) is 16.0. The van der Waals surface area contributed by atoms with Crippen LogP contribution in [-0.4, -0.2) is 19.0 Å². The number of anilines is 1. The minimum absolute atomic E-state index is 0.0211. The van der Waals surface area contributed by atoms with Crippen molar-refractivity contribution >= 4 is 11.6 Å². The van der Waals surface area contributed by atoms with Gasteiger partial charge in [-0.15, -0.1) is 0 Å². The number of piperidine rings is 1. The summed E-state index contributed by atoms with van der Waals surface area (Å²) < 4.78 is 0. The number of carbonyl (C=O) groups is 1. The van der Waals surface area contributed by atoms with Gasteiger partial charge in [0.1, 0.15) is 0 Å². The molecule has 1 N–H and O–H groups in total. The van der Waals surface area contributed by atoms with E-state index in [1.54, 1.807) is 0 Å². The number of carbonyl (C=O) groups excluding carboxylic acids is 1. The van der Waals surface area contributed by atoms with E-state index < -0.39 is 0 Å². The molecule has 1 atom stereocenters. The van der Waals surface area contributed by atoms with Gasteiger partial charge in [0.05, 0.1) is 12.5 Å². The lowest BCUT2D eigenvalue weighted by molar-refractivity contribution is -0.121. The molecule has 0 saturated carbocycles. The summed E-state index contributed by atoms with van der Waals surface area (Å²) in [4.78, 5) is 14.8. The molecule has 1 heterocycles. The van der Waals surface area contributed by atoms with Crippen LogP contribution in [0.5, 0.6) is 0 Å². The van der Waals surface area contributed by atoms with Crippen molar-refractivity contribution in [3.8, 4) is 0 Å². The van der Waals surface area contributed by atoms with Crippen molar-refractivity contribution in [2.45, 2.75) is 52.0 Å². The lowest BCUT2D eigenvalue weighted by Crippen LogP contribution is -2.30. The second-order valence-electron chi connectivity index (χ2n) is 7.28. The fourth-order valence-electron chi connectivity index (χ4n) is 3.58. The first-order valence-corrected chi connectivity index (χ1v) is 9.88. The molecule has 138 valence electrons. The van der Waals surface area contributed by atoms with Crippen LogP contribution >= 0.6 is 0 Å². The first-order valence-electron chi connectivity index (χ1n) is 9.88. The largest absolute Gasteiger partial charge is 0.372 e. The van der Waals surface area contributed by atoms with Crippen LogP contribution in [0.2, 0.25) is 0 Å². The van der Waals surface area contributed by atoms with Crippen molar-refractivity contribution in [3.05, 3.63) is 65.2 Å². The van der Waals surface area contributed by atoms with Crippen LogP contribution in [0.3, 0.4) is 0 Å². The quantitative estimate of drug-likeness (QED) is 0.822. The summed E-state index contributed by atoms with van der Waals surface area (Å²) in [6.07, 6.45) is 5.37. The van der Waals surface area contributed by atoms with E-state index in [9.17, 15) is 4.79 Å². The summed E-state index contributed by atoms with van der Waals surface area (Å²) in [7, 11) is 0. The number of nitrogens with one attached hydrogen (secondary N) is 1. The maximum Gasteiger partial charge on any atom is 0.224 e. The van der Waals surface area contributed by atoms with E-state index in [4.69, 9.17) is 0 Å². The number of hydrogen-bond donors (Lipinski definition) is 1. The molecule has 0 aromatic heterocycles. The molecule has 2 aromatic rings. The predicted molar refractivity (Wildman–Crippen MR) is 109 cm³/mol. The van der Waals surface area contributed by atoms with Crippen molar-refractivity contribution in [2.75, 3.05) is 18.0 Å². The van der Waals surface area contributed by atoms with E-state index in [1.165, 1.54) is 30.5 Å². The minimum atomic E-state index is 0.0211. The van der Waals surface area contributed by atoms with Crippen LogP contribution in [0, 0.1) is 0 Å². The molecule has 1 fully saturated rings. The van der Waals surface area contributed by atoms with Crippen molar-refractivity contribution < 1.29 is 4.79 Å². The zero-order valence-electron chi connectivity index (χ0n) is 16.0. The Hall–Kier alpha value is -2.29. The third kappa shape index (κ3) is 4.87. The molecule has 2 aromatic carbocycles. The number of amides is 1. The van der Waals surface area contributed by atoms with Crippen molar-refractivity contribution in [1.29, 1.82) is 0 Å². The molecule has 1 aliphatic heterocycles. The molecule has 26 heavy (non-hydrogen) atoms. The molecule has 0 spiro atoms. The number of hydrogen-bond acceptors (Lipinski definition) is 2. The summed E-state index contributed by atoms with van der Waals surface area (Å²) in [6, 6.07) is 17.0. The average Bonchev–Trinajstić information content (AvgIpc) is 2.69. The maximum absolute atomic E-state index is 12.3. The molecule has 3 rings (SSSR count). The molecular formula is C23H30N2O. The fourth-order valence-corrected chi connectivity index (χ4v) is 3.58. The summed E-state index contributed by atoms with van der Waals surface area (Å²) in [5.74, 6) is 0.0712. The highest BCUT2D eigenvalue weighted by molar-refractivity contribution is 5.79. The van der Waals surface area contributed by atoms with E-state index in [0.29, 0.717) is 6.42 Å². The van der Waals surface area contributed by atoms with Gasteiger partial charge in [0.15, 0.2) is 0 Å². The molecule has 1 aliphatic rings. The predicted octanol–water partition coefficient (Wildman–Crippen LogP) is 4.66. The summed E-state index contributed by atoms with van der Waals surface area (Å²) in [5, 5.41) is 3.12. The van der Waals surface area contributed by atoms with Crippen LogP contribution in [-0.2, 0) is 17.6 Å². The van der Waals surface area contributed by atoms with E-state index in [0.717, 1.165) is 30.6 Å². The molecule has 3 nitrogen and oxygen atoms in total. The first kappa shape index (κ1) is 18.5. The van der Waals surface area contributed by atoms with Gasteiger partial charge < -0.3 is 10.2 Å². The fraction of sp³-hybridized carbons (Fsp3) is 0.435. The topological polar surface area (TPSA) is 32.3 Å². The van der Waals surface area contributed by atoms with Crippen molar-refractivity contribution in [1.82, 2.24) is 5.32 Å². The Bertz CT molecular complexity index is 700. The van der Waals surface area contributed by atoms with Crippen LogP contribution in [0.25, 0.3) is 0 Å². The highest BCUT2D eigenvalue weighted by Gasteiger charge is 2.13. The molecule has 3 heteroatoms.